The van der Waals surface area contributed by atoms with Gasteiger partial charge in [0.1, 0.15) is 34.7 Å². The molecule has 10 heteroatoms. The zero-order valence-corrected chi connectivity index (χ0v) is 17.9. The summed E-state index contributed by atoms with van der Waals surface area (Å²) in [6, 6.07) is 8.06. The van der Waals surface area contributed by atoms with Crippen molar-refractivity contribution in [2.45, 2.75) is 25.6 Å². The van der Waals surface area contributed by atoms with E-state index in [1.165, 1.54) is 19.9 Å². The first kappa shape index (κ1) is 23.4. The smallest absolute Gasteiger partial charge is 0.255 e. The molecular formula is C24H18F4N2O4. The topological polar surface area (TPSA) is 88.5 Å². The van der Waals surface area contributed by atoms with Crippen molar-refractivity contribution in [1.29, 1.82) is 0 Å². The summed E-state index contributed by atoms with van der Waals surface area (Å²) in [5, 5.41) is 20.6. The van der Waals surface area contributed by atoms with Crippen molar-refractivity contribution >= 4 is 0 Å². The normalized spacial score (nSPS) is 12.7. The van der Waals surface area contributed by atoms with E-state index in [0.717, 1.165) is 42.6 Å². The first-order valence-corrected chi connectivity index (χ1v) is 10.0. The lowest BCUT2D eigenvalue weighted by Gasteiger charge is -2.21. The molecule has 176 valence electrons. The maximum absolute atomic E-state index is 14.6. The molecule has 4 rings (SSSR count). The highest BCUT2D eigenvalue weighted by Crippen LogP contribution is 2.37. The van der Waals surface area contributed by atoms with Crippen LogP contribution in [0.2, 0.25) is 0 Å². The van der Waals surface area contributed by atoms with Crippen LogP contribution in [0.4, 0.5) is 17.6 Å². The van der Waals surface area contributed by atoms with Crippen LogP contribution in [0.5, 0.6) is 0 Å². The van der Waals surface area contributed by atoms with Crippen LogP contribution >= 0.6 is 0 Å². The Morgan fingerprint density at radius 3 is 2.29 bits per heavy atom. The third-order valence-corrected chi connectivity index (χ3v) is 5.09. The fraction of sp³-hybridized carbons (Fsp3) is 0.167. The van der Waals surface area contributed by atoms with Gasteiger partial charge in [0.05, 0.1) is 11.2 Å². The zero-order valence-electron chi connectivity index (χ0n) is 17.9. The summed E-state index contributed by atoms with van der Waals surface area (Å²) in [4.78, 5) is 16.6. The third kappa shape index (κ3) is 4.25. The Kier molecular flexibility index (Phi) is 5.88. The van der Waals surface area contributed by atoms with Gasteiger partial charge in [-0.25, -0.2) is 22.5 Å². The molecule has 4 aromatic rings. The molecule has 0 aliphatic heterocycles. The predicted molar refractivity (Wildman–Crippen MR) is 114 cm³/mol. The largest absolute Gasteiger partial charge is 0.437 e. The molecule has 2 aromatic carbocycles. The number of aliphatic hydroxyl groups is 2. The highest BCUT2D eigenvalue weighted by Gasteiger charge is 2.33. The molecule has 6 nitrogen and oxygen atoms in total. The first-order valence-electron chi connectivity index (χ1n) is 10.0. The van der Waals surface area contributed by atoms with Crippen molar-refractivity contribution < 1.29 is 32.2 Å². The van der Waals surface area contributed by atoms with E-state index in [1.807, 2.05) is 0 Å². The van der Waals surface area contributed by atoms with E-state index in [-0.39, 0.29) is 22.6 Å². The molecule has 0 spiro atoms. The van der Waals surface area contributed by atoms with Gasteiger partial charge < -0.3 is 14.6 Å². The lowest BCUT2D eigenvalue weighted by atomic mass is 10.0. The van der Waals surface area contributed by atoms with Crippen molar-refractivity contribution in [2.24, 2.45) is 0 Å². The van der Waals surface area contributed by atoms with Crippen LogP contribution in [-0.4, -0.2) is 25.4 Å². The van der Waals surface area contributed by atoms with E-state index in [1.54, 1.807) is 0 Å². The summed E-state index contributed by atoms with van der Waals surface area (Å²) < 4.78 is 63.0. The number of benzene rings is 2. The average Bonchev–Trinajstić information content (AvgIpc) is 3.18. The fourth-order valence-corrected chi connectivity index (χ4v) is 3.33. The molecule has 0 fully saturated rings. The van der Waals surface area contributed by atoms with Gasteiger partial charge in [-0.3, -0.25) is 9.36 Å². The molecule has 1 atom stereocenters. The Hall–Kier alpha value is -3.76. The minimum Gasteiger partial charge on any atom is -0.437 e. The second-order valence-corrected chi connectivity index (χ2v) is 8.11. The van der Waals surface area contributed by atoms with Crippen LogP contribution in [0.3, 0.4) is 0 Å². The standard InChI is InChI=1S/C24H18F4N2O4/c1-24(2,33)22(32)23-29-19(21(34-23)14-8-7-13(25)10-17(14)28)12-6-9-18(31)30(11-12)20-15(26)4-3-5-16(20)27/h3-11,22,32-33H,1-2H3/t22-/m1/s1. The molecule has 0 aliphatic carbocycles. The SMILES string of the molecule is CC(C)(O)[C@H](O)c1nc(-c2ccc(=O)n(-c3c(F)cccc3F)c2)c(-c2ccc(F)cc2F)o1. The van der Waals surface area contributed by atoms with E-state index in [0.29, 0.717) is 10.6 Å². The molecule has 0 aliphatic rings. The second-order valence-electron chi connectivity index (χ2n) is 8.11. The molecule has 0 saturated heterocycles. The number of aromatic nitrogens is 2. The number of para-hydroxylation sites is 1. The van der Waals surface area contributed by atoms with E-state index < -0.39 is 52.1 Å². The number of aliphatic hydroxyl groups excluding tert-OH is 1. The monoisotopic (exact) mass is 474 g/mol. The van der Waals surface area contributed by atoms with Crippen molar-refractivity contribution in [3.05, 3.63) is 94.2 Å². The van der Waals surface area contributed by atoms with Crippen LogP contribution in [0.1, 0.15) is 25.8 Å². The number of halogens is 4. The van der Waals surface area contributed by atoms with Gasteiger partial charge in [-0.2, -0.15) is 0 Å². The van der Waals surface area contributed by atoms with Gasteiger partial charge in [0.25, 0.3) is 5.56 Å². The van der Waals surface area contributed by atoms with Gasteiger partial charge in [0.15, 0.2) is 11.9 Å². The molecule has 2 aromatic heterocycles. The molecule has 0 amide bonds. The summed E-state index contributed by atoms with van der Waals surface area (Å²) in [6.07, 6.45) is -0.564. The first-order chi connectivity index (χ1) is 16.0. The highest BCUT2D eigenvalue weighted by molar-refractivity contribution is 5.77. The summed E-state index contributed by atoms with van der Waals surface area (Å²) in [7, 11) is 0. The number of oxazole rings is 1. The van der Waals surface area contributed by atoms with Crippen molar-refractivity contribution in [3.8, 4) is 28.3 Å². The quantitative estimate of drug-likeness (QED) is 0.416. The Morgan fingerprint density at radius 1 is 1.00 bits per heavy atom. The minimum absolute atomic E-state index is 0.0684. The van der Waals surface area contributed by atoms with E-state index in [2.05, 4.69) is 4.98 Å². The van der Waals surface area contributed by atoms with E-state index in [9.17, 15) is 32.6 Å². The molecule has 2 N–H and O–H groups in total. The highest BCUT2D eigenvalue weighted by atomic mass is 19.1. The summed E-state index contributed by atoms with van der Waals surface area (Å²) in [5.74, 6) is -4.49. The molecule has 0 bridgehead atoms. The molecule has 2 heterocycles. The van der Waals surface area contributed by atoms with Crippen LogP contribution < -0.4 is 5.56 Å². The molecule has 0 saturated carbocycles. The second kappa shape index (κ2) is 8.54. The summed E-state index contributed by atoms with van der Waals surface area (Å²) >= 11 is 0. The van der Waals surface area contributed by atoms with Crippen molar-refractivity contribution in [2.75, 3.05) is 0 Å². The predicted octanol–water partition coefficient (Wildman–Crippen LogP) is 4.52. The molecular weight excluding hydrogens is 456 g/mol. The lowest BCUT2D eigenvalue weighted by molar-refractivity contribution is -0.0617. The number of pyridine rings is 1. The summed E-state index contributed by atoms with van der Waals surface area (Å²) in [6.45, 7) is 2.58. The van der Waals surface area contributed by atoms with E-state index >= 15 is 0 Å². The third-order valence-electron chi connectivity index (χ3n) is 5.09. The van der Waals surface area contributed by atoms with Gasteiger partial charge in [-0.05, 0) is 44.2 Å². The Balaban J connectivity index is 1.97. The Labute approximate surface area is 190 Å². The average molecular weight is 474 g/mol. The summed E-state index contributed by atoms with van der Waals surface area (Å²) in [5.41, 5.74) is -3.37. The van der Waals surface area contributed by atoms with Gasteiger partial charge >= 0.3 is 0 Å². The van der Waals surface area contributed by atoms with Crippen LogP contribution in [0, 0.1) is 23.3 Å². The number of nitrogens with zero attached hydrogens (tertiary/aromatic N) is 2. The molecule has 34 heavy (non-hydrogen) atoms. The lowest BCUT2D eigenvalue weighted by Crippen LogP contribution is -2.28. The van der Waals surface area contributed by atoms with Gasteiger partial charge in [-0.15, -0.1) is 0 Å². The minimum atomic E-state index is -1.70. The van der Waals surface area contributed by atoms with Crippen molar-refractivity contribution in [3.63, 3.8) is 0 Å². The van der Waals surface area contributed by atoms with Gasteiger partial charge in [-0.1, -0.05) is 6.07 Å². The zero-order chi connectivity index (χ0) is 24.8. The van der Waals surface area contributed by atoms with Crippen LogP contribution in [0.15, 0.2) is 63.9 Å². The Bertz CT molecular complexity index is 1420. The fourth-order valence-electron chi connectivity index (χ4n) is 3.33. The van der Waals surface area contributed by atoms with E-state index in [4.69, 9.17) is 4.42 Å². The maximum Gasteiger partial charge on any atom is 0.255 e. The maximum atomic E-state index is 14.6. The number of hydrogen-bond donors (Lipinski definition) is 2. The van der Waals surface area contributed by atoms with Crippen LogP contribution in [-0.2, 0) is 0 Å². The number of hydrogen-bond acceptors (Lipinski definition) is 5. The number of rotatable bonds is 5. The van der Waals surface area contributed by atoms with Crippen LogP contribution in [0.25, 0.3) is 28.3 Å². The van der Waals surface area contributed by atoms with Gasteiger partial charge in [0, 0.05) is 23.9 Å². The Morgan fingerprint density at radius 2 is 1.68 bits per heavy atom. The van der Waals surface area contributed by atoms with Gasteiger partial charge in [0.2, 0.25) is 5.89 Å². The van der Waals surface area contributed by atoms with Crippen molar-refractivity contribution in [1.82, 2.24) is 9.55 Å². The molecule has 0 radical (unpaired) electrons. The molecule has 0 unspecified atom stereocenters.